The van der Waals surface area contributed by atoms with Crippen LogP contribution in [-0.4, -0.2) is 25.0 Å². The van der Waals surface area contributed by atoms with Gasteiger partial charge in [0.15, 0.2) is 0 Å². The van der Waals surface area contributed by atoms with Crippen molar-refractivity contribution >= 4 is 0 Å². The minimum atomic E-state index is 0.961. The number of hydrogen-bond donors (Lipinski definition) is 0. The molecule has 1 rings (SSSR count). The van der Waals surface area contributed by atoms with Crippen LogP contribution >= 0.6 is 0 Å². The first-order chi connectivity index (χ1) is 6.26. The Morgan fingerprint density at radius 3 is 1.85 bits per heavy atom. The summed E-state index contributed by atoms with van der Waals surface area (Å²) < 4.78 is 0. The molecule has 2 atom stereocenters. The largest absolute Gasteiger partial charge is 0.306 e. The molecule has 0 N–H and O–H groups in total. The second-order valence-corrected chi connectivity index (χ2v) is 4.70. The second kappa shape index (κ2) is 5.64. The van der Waals surface area contributed by atoms with Crippen LogP contribution in [0.3, 0.4) is 0 Å². The maximum atomic E-state index is 2.54. The molecule has 1 fully saturated rings. The summed E-state index contributed by atoms with van der Waals surface area (Å²) in [5.41, 5.74) is 0. The minimum Gasteiger partial charge on any atom is -0.306 e. The summed E-state index contributed by atoms with van der Waals surface area (Å²) in [5.74, 6) is 1.92. The van der Waals surface area contributed by atoms with Crippen molar-refractivity contribution in [3.8, 4) is 0 Å². The molecule has 78 valence electrons. The molecular formula is C12H25N. The van der Waals surface area contributed by atoms with Gasteiger partial charge in [-0.1, -0.05) is 33.1 Å². The van der Waals surface area contributed by atoms with Gasteiger partial charge in [-0.05, 0) is 31.7 Å². The monoisotopic (exact) mass is 183 g/mol. The van der Waals surface area contributed by atoms with Crippen molar-refractivity contribution in [2.24, 2.45) is 11.8 Å². The van der Waals surface area contributed by atoms with Gasteiger partial charge in [0.05, 0.1) is 0 Å². The van der Waals surface area contributed by atoms with Crippen LogP contribution in [0.2, 0.25) is 0 Å². The molecule has 0 aromatic heterocycles. The fourth-order valence-corrected chi connectivity index (χ4v) is 2.50. The lowest BCUT2D eigenvalue weighted by molar-refractivity contribution is 0.190. The maximum Gasteiger partial charge on any atom is 0.000662 e. The molecule has 0 spiro atoms. The number of rotatable bonds is 2. The van der Waals surface area contributed by atoms with Crippen LogP contribution in [-0.2, 0) is 0 Å². The molecule has 0 aromatic rings. The lowest BCUT2D eigenvalue weighted by atomic mass is 9.90. The van der Waals surface area contributed by atoms with Gasteiger partial charge in [0, 0.05) is 13.1 Å². The predicted octanol–water partition coefficient (Wildman–Crippen LogP) is 3.15. The van der Waals surface area contributed by atoms with Crippen LogP contribution in [0.5, 0.6) is 0 Å². The van der Waals surface area contributed by atoms with Crippen molar-refractivity contribution in [2.45, 2.75) is 46.0 Å². The van der Waals surface area contributed by atoms with Gasteiger partial charge in [-0.3, -0.25) is 0 Å². The second-order valence-electron chi connectivity index (χ2n) is 4.70. The molecule has 0 saturated carbocycles. The fourth-order valence-electron chi connectivity index (χ4n) is 2.50. The van der Waals surface area contributed by atoms with Crippen LogP contribution in [0.1, 0.15) is 46.0 Å². The van der Waals surface area contributed by atoms with Crippen LogP contribution in [0.4, 0.5) is 0 Å². The Balaban J connectivity index is 2.38. The third kappa shape index (κ3) is 3.68. The van der Waals surface area contributed by atoms with Crippen molar-refractivity contribution in [3.63, 3.8) is 0 Å². The molecule has 1 heteroatoms. The quantitative estimate of drug-likeness (QED) is 0.635. The smallest absolute Gasteiger partial charge is 0.000662 e. The van der Waals surface area contributed by atoms with Crippen molar-refractivity contribution in [3.05, 3.63) is 0 Å². The zero-order valence-electron chi connectivity index (χ0n) is 9.55. The molecule has 0 radical (unpaired) electrons. The van der Waals surface area contributed by atoms with E-state index < -0.39 is 0 Å². The van der Waals surface area contributed by atoms with E-state index in [9.17, 15) is 0 Å². The van der Waals surface area contributed by atoms with Gasteiger partial charge in [-0.25, -0.2) is 0 Å². The Bertz CT molecular complexity index is 119. The lowest BCUT2D eigenvalue weighted by Crippen LogP contribution is -2.32. The van der Waals surface area contributed by atoms with Crippen LogP contribution in [0, 0.1) is 11.8 Å². The standard InChI is InChI=1S/C12H25N/c1-4-11-7-6-8-12(5-2)10-13(3)9-11/h11-12H,4-10H2,1-3H3. The van der Waals surface area contributed by atoms with Gasteiger partial charge in [-0.15, -0.1) is 0 Å². The summed E-state index contributed by atoms with van der Waals surface area (Å²) in [5, 5.41) is 0. The summed E-state index contributed by atoms with van der Waals surface area (Å²) >= 11 is 0. The third-order valence-electron chi connectivity index (χ3n) is 3.52. The Kier molecular flexibility index (Phi) is 4.79. The normalized spacial score (nSPS) is 32.5. The summed E-state index contributed by atoms with van der Waals surface area (Å²) in [6.45, 7) is 7.31. The highest BCUT2D eigenvalue weighted by Gasteiger charge is 2.17. The average Bonchev–Trinajstić information content (AvgIpc) is 2.10. The molecule has 1 aliphatic heterocycles. The molecule has 1 saturated heterocycles. The van der Waals surface area contributed by atoms with E-state index in [-0.39, 0.29) is 0 Å². The van der Waals surface area contributed by atoms with Gasteiger partial charge < -0.3 is 4.90 Å². The van der Waals surface area contributed by atoms with Gasteiger partial charge in [0.25, 0.3) is 0 Å². The molecule has 0 bridgehead atoms. The Hall–Kier alpha value is -0.0400. The SMILES string of the molecule is CCC1CCCC(CC)CN(C)C1. The fraction of sp³-hybridized carbons (Fsp3) is 1.00. The van der Waals surface area contributed by atoms with Crippen LogP contribution < -0.4 is 0 Å². The average molecular weight is 183 g/mol. The van der Waals surface area contributed by atoms with Gasteiger partial charge in [0.1, 0.15) is 0 Å². The molecule has 1 heterocycles. The summed E-state index contributed by atoms with van der Waals surface area (Å²) in [4.78, 5) is 2.54. The van der Waals surface area contributed by atoms with Crippen molar-refractivity contribution < 1.29 is 0 Å². The van der Waals surface area contributed by atoms with E-state index >= 15 is 0 Å². The topological polar surface area (TPSA) is 3.24 Å². The highest BCUT2D eigenvalue weighted by atomic mass is 15.1. The maximum absolute atomic E-state index is 2.54. The summed E-state index contributed by atoms with van der Waals surface area (Å²) in [7, 11) is 2.29. The van der Waals surface area contributed by atoms with E-state index in [1.807, 2.05) is 0 Å². The van der Waals surface area contributed by atoms with E-state index in [1.54, 1.807) is 0 Å². The minimum absolute atomic E-state index is 0.961. The highest BCUT2D eigenvalue weighted by Crippen LogP contribution is 2.22. The van der Waals surface area contributed by atoms with Gasteiger partial charge >= 0.3 is 0 Å². The van der Waals surface area contributed by atoms with Crippen LogP contribution in [0.25, 0.3) is 0 Å². The van der Waals surface area contributed by atoms with E-state index in [0.717, 1.165) is 11.8 Å². The Morgan fingerprint density at radius 1 is 1.00 bits per heavy atom. The summed E-state index contributed by atoms with van der Waals surface area (Å²) in [6, 6.07) is 0. The van der Waals surface area contributed by atoms with Crippen LogP contribution in [0.15, 0.2) is 0 Å². The zero-order chi connectivity index (χ0) is 9.68. The number of hydrogen-bond acceptors (Lipinski definition) is 1. The third-order valence-corrected chi connectivity index (χ3v) is 3.52. The molecule has 1 nitrogen and oxygen atoms in total. The van der Waals surface area contributed by atoms with Gasteiger partial charge in [-0.2, -0.15) is 0 Å². The number of nitrogens with zero attached hydrogens (tertiary/aromatic N) is 1. The Morgan fingerprint density at radius 2 is 1.46 bits per heavy atom. The van der Waals surface area contributed by atoms with E-state index in [0.29, 0.717) is 0 Å². The first-order valence-corrected chi connectivity index (χ1v) is 5.94. The van der Waals surface area contributed by atoms with Crippen molar-refractivity contribution in [1.29, 1.82) is 0 Å². The van der Waals surface area contributed by atoms with Crippen molar-refractivity contribution in [2.75, 3.05) is 20.1 Å². The first kappa shape index (κ1) is 11.0. The molecule has 0 aromatic carbocycles. The van der Waals surface area contributed by atoms with E-state index in [2.05, 4.69) is 25.8 Å². The van der Waals surface area contributed by atoms with E-state index in [1.165, 1.54) is 45.2 Å². The Labute approximate surface area is 83.5 Å². The molecular weight excluding hydrogens is 158 g/mol. The zero-order valence-corrected chi connectivity index (χ0v) is 9.55. The molecule has 0 amide bonds. The molecule has 0 aliphatic carbocycles. The number of likely N-dealkylation sites (tertiary alicyclic amines) is 1. The van der Waals surface area contributed by atoms with Gasteiger partial charge in [0.2, 0.25) is 0 Å². The molecule has 13 heavy (non-hydrogen) atoms. The highest BCUT2D eigenvalue weighted by molar-refractivity contribution is 4.71. The van der Waals surface area contributed by atoms with Crippen molar-refractivity contribution in [1.82, 2.24) is 4.90 Å². The predicted molar refractivity (Wildman–Crippen MR) is 58.9 cm³/mol. The first-order valence-electron chi connectivity index (χ1n) is 5.94. The van der Waals surface area contributed by atoms with E-state index in [4.69, 9.17) is 0 Å². The lowest BCUT2D eigenvalue weighted by Gasteiger charge is -2.30. The molecule has 1 aliphatic rings. The summed E-state index contributed by atoms with van der Waals surface area (Å²) in [6.07, 6.45) is 7.10. The molecule has 2 unspecified atom stereocenters.